The first-order valence-corrected chi connectivity index (χ1v) is 7.99. The van der Waals surface area contributed by atoms with Crippen LogP contribution in [0.4, 0.5) is 10.1 Å². The first-order chi connectivity index (χ1) is 9.91. The van der Waals surface area contributed by atoms with Crippen molar-refractivity contribution in [1.29, 1.82) is 0 Å². The van der Waals surface area contributed by atoms with Gasteiger partial charge in [0.05, 0.1) is 4.92 Å². The first kappa shape index (κ1) is 14.4. The van der Waals surface area contributed by atoms with Crippen LogP contribution >= 0.6 is 0 Å². The van der Waals surface area contributed by atoms with Crippen molar-refractivity contribution in [3.8, 4) is 0 Å². The Kier molecular flexibility index (Phi) is 3.42. The quantitative estimate of drug-likeness (QED) is 0.650. The molecule has 2 saturated heterocycles. The van der Waals surface area contributed by atoms with E-state index in [9.17, 15) is 22.9 Å². The van der Waals surface area contributed by atoms with Crippen LogP contribution in [0.25, 0.3) is 0 Å². The summed E-state index contributed by atoms with van der Waals surface area (Å²) in [5, 5.41) is 14.2. The molecule has 21 heavy (non-hydrogen) atoms. The van der Waals surface area contributed by atoms with E-state index in [-0.39, 0.29) is 11.8 Å². The number of fused-ring (bicyclic) bond motifs is 1. The maximum absolute atomic E-state index is 13.6. The Morgan fingerprint density at radius 1 is 1.29 bits per heavy atom. The summed E-state index contributed by atoms with van der Waals surface area (Å²) in [4.78, 5) is 9.42. The highest BCUT2D eigenvalue weighted by Gasteiger charge is 2.43. The van der Waals surface area contributed by atoms with Crippen LogP contribution in [0.3, 0.4) is 0 Å². The summed E-state index contributed by atoms with van der Waals surface area (Å²) in [6.07, 6.45) is 0. The van der Waals surface area contributed by atoms with E-state index in [1.165, 1.54) is 10.4 Å². The number of nitro benzene ring substituents is 1. The van der Waals surface area contributed by atoms with Gasteiger partial charge in [0.25, 0.3) is 0 Å². The molecule has 9 heteroatoms. The van der Waals surface area contributed by atoms with Crippen molar-refractivity contribution in [2.75, 3.05) is 26.2 Å². The van der Waals surface area contributed by atoms with E-state index < -0.39 is 31.3 Å². The molecule has 2 atom stereocenters. The zero-order chi connectivity index (χ0) is 15.2. The third-order valence-electron chi connectivity index (χ3n) is 4.11. The molecule has 7 nitrogen and oxygen atoms in total. The fourth-order valence-electron chi connectivity index (χ4n) is 3.03. The SMILES string of the molecule is O=[N+]([O-])c1c(F)cccc1S(=O)(=O)N1CC2CNCC2C1. The number of para-hydroxylation sites is 1. The standard InChI is InChI=1S/C12H14FN3O4S/c13-10-2-1-3-11(12(10)16(17)18)21(19,20)15-6-8-4-14-5-9(8)7-15/h1-3,8-9,14H,4-7H2. The molecule has 0 aromatic heterocycles. The van der Waals surface area contributed by atoms with Crippen molar-refractivity contribution in [2.24, 2.45) is 11.8 Å². The van der Waals surface area contributed by atoms with Crippen LogP contribution in [0.1, 0.15) is 0 Å². The predicted molar refractivity (Wildman–Crippen MR) is 71.7 cm³/mol. The van der Waals surface area contributed by atoms with Gasteiger partial charge in [-0.05, 0) is 37.1 Å². The lowest BCUT2D eigenvalue weighted by atomic mass is 10.0. The normalized spacial score (nSPS) is 26.0. The van der Waals surface area contributed by atoms with Gasteiger partial charge in [-0.3, -0.25) is 10.1 Å². The fourth-order valence-corrected chi connectivity index (χ4v) is 4.75. The van der Waals surface area contributed by atoms with Gasteiger partial charge >= 0.3 is 5.69 Å². The Labute approximate surface area is 120 Å². The van der Waals surface area contributed by atoms with Crippen LogP contribution in [-0.4, -0.2) is 43.8 Å². The summed E-state index contributed by atoms with van der Waals surface area (Å²) in [6.45, 7) is 2.10. The summed E-state index contributed by atoms with van der Waals surface area (Å²) in [5.74, 6) is -0.707. The smallest absolute Gasteiger partial charge is 0.316 e. The van der Waals surface area contributed by atoms with E-state index in [0.717, 1.165) is 25.2 Å². The molecule has 0 saturated carbocycles. The monoisotopic (exact) mass is 315 g/mol. The number of nitro groups is 1. The molecule has 2 unspecified atom stereocenters. The van der Waals surface area contributed by atoms with Crippen molar-refractivity contribution in [3.05, 3.63) is 34.1 Å². The van der Waals surface area contributed by atoms with Gasteiger partial charge in [-0.25, -0.2) is 8.42 Å². The van der Waals surface area contributed by atoms with E-state index in [0.29, 0.717) is 13.1 Å². The van der Waals surface area contributed by atoms with E-state index in [1.807, 2.05) is 0 Å². The lowest BCUT2D eigenvalue weighted by Gasteiger charge is -2.17. The second-order valence-electron chi connectivity index (χ2n) is 5.34. The molecule has 0 amide bonds. The number of hydrogen-bond donors (Lipinski definition) is 1. The fraction of sp³-hybridized carbons (Fsp3) is 0.500. The molecule has 1 aromatic carbocycles. The van der Waals surface area contributed by atoms with E-state index in [1.54, 1.807) is 0 Å². The minimum Gasteiger partial charge on any atom is -0.316 e. The molecule has 1 aromatic rings. The lowest BCUT2D eigenvalue weighted by molar-refractivity contribution is -0.390. The van der Waals surface area contributed by atoms with E-state index >= 15 is 0 Å². The van der Waals surface area contributed by atoms with Crippen LogP contribution in [0.5, 0.6) is 0 Å². The minimum absolute atomic E-state index is 0.215. The number of nitrogens with one attached hydrogen (secondary N) is 1. The van der Waals surface area contributed by atoms with Gasteiger partial charge in [0, 0.05) is 13.1 Å². The highest BCUT2D eigenvalue weighted by Crippen LogP contribution is 2.34. The Morgan fingerprint density at radius 3 is 2.48 bits per heavy atom. The van der Waals surface area contributed by atoms with Gasteiger partial charge in [-0.2, -0.15) is 8.70 Å². The molecule has 2 fully saturated rings. The van der Waals surface area contributed by atoms with Crippen LogP contribution < -0.4 is 5.32 Å². The Hall–Kier alpha value is -1.58. The number of hydrogen-bond acceptors (Lipinski definition) is 5. The highest BCUT2D eigenvalue weighted by atomic mass is 32.2. The first-order valence-electron chi connectivity index (χ1n) is 6.55. The molecule has 2 aliphatic rings. The van der Waals surface area contributed by atoms with Crippen molar-refractivity contribution >= 4 is 15.7 Å². The molecule has 1 N–H and O–H groups in total. The average molecular weight is 315 g/mol. The van der Waals surface area contributed by atoms with Gasteiger partial charge in [-0.1, -0.05) is 6.07 Å². The zero-order valence-corrected chi connectivity index (χ0v) is 11.8. The number of rotatable bonds is 3. The summed E-state index contributed by atoms with van der Waals surface area (Å²) >= 11 is 0. The van der Waals surface area contributed by atoms with Crippen molar-refractivity contribution in [3.63, 3.8) is 0 Å². The van der Waals surface area contributed by atoms with Gasteiger partial charge in [-0.15, -0.1) is 0 Å². The van der Waals surface area contributed by atoms with Gasteiger partial charge < -0.3 is 5.32 Å². The minimum atomic E-state index is -4.06. The van der Waals surface area contributed by atoms with Gasteiger partial charge in [0.1, 0.15) is 0 Å². The molecule has 0 radical (unpaired) electrons. The van der Waals surface area contributed by atoms with Crippen molar-refractivity contribution < 1.29 is 17.7 Å². The third-order valence-corrected chi connectivity index (χ3v) is 5.97. The van der Waals surface area contributed by atoms with Gasteiger partial charge in [0.15, 0.2) is 4.90 Å². The molecular formula is C12H14FN3O4S. The second kappa shape index (κ2) is 5.00. The maximum Gasteiger partial charge on any atom is 0.324 e. The van der Waals surface area contributed by atoms with Crippen LogP contribution in [-0.2, 0) is 10.0 Å². The molecule has 2 aliphatic heterocycles. The van der Waals surface area contributed by atoms with Crippen molar-refractivity contribution in [1.82, 2.24) is 9.62 Å². The molecule has 0 aliphatic carbocycles. The summed E-state index contributed by atoms with van der Waals surface area (Å²) in [7, 11) is -4.06. The topological polar surface area (TPSA) is 92.5 Å². The zero-order valence-electron chi connectivity index (χ0n) is 11.0. The van der Waals surface area contributed by atoms with Crippen LogP contribution in [0.15, 0.2) is 23.1 Å². The molecule has 0 bridgehead atoms. The number of sulfonamides is 1. The molecular weight excluding hydrogens is 301 g/mol. The second-order valence-corrected chi connectivity index (χ2v) is 7.25. The van der Waals surface area contributed by atoms with Crippen LogP contribution in [0.2, 0.25) is 0 Å². The maximum atomic E-state index is 13.6. The molecule has 0 spiro atoms. The van der Waals surface area contributed by atoms with Crippen LogP contribution in [0, 0.1) is 27.8 Å². The van der Waals surface area contributed by atoms with Gasteiger partial charge in [0.2, 0.25) is 15.8 Å². The van der Waals surface area contributed by atoms with E-state index in [4.69, 9.17) is 0 Å². The lowest BCUT2D eigenvalue weighted by Crippen LogP contribution is -2.32. The Bertz CT molecular complexity index is 682. The summed E-state index contributed by atoms with van der Waals surface area (Å²) in [5.41, 5.74) is -0.979. The molecule has 114 valence electrons. The van der Waals surface area contributed by atoms with E-state index in [2.05, 4.69) is 5.32 Å². The third kappa shape index (κ3) is 2.30. The van der Waals surface area contributed by atoms with Crippen molar-refractivity contribution in [2.45, 2.75) is 4.90 Å². The number of benzene rings is 1. The largest absolute Gasteiger partial charge is 0.324 e. The predicted octanol–water partition coefficient (Wildman–Crippen LogP) is 0.574. The average Bonchev–Trinajstić information content (AvgIpc) is 2.98. The molecule has 2 heterocycles. The Morgan fingerprint density at radius 2 is 1.90 bits per heavy atom. The highest BCUT2D eigenvalue weighted by molar-refractivity contribution is 7.89. The summed E-state index contributed by atoms with van der Waals surface area (Å²) < 4.78 is 40.0. The molecule has 3 rings (SSSR count). The Balaban J connectivity index is 2.00. The summed E-state index contributed by atoms with van der Waals surface area (Å²) in [6, 6.07) is 3.15. The number of nitrogens with zero attached hydrogens (tertiary/aromatic N) is 2. The number of halogens is 1.